The Balaban J connectivity index is 1.56. The molecule has 1 fully saturated rings. The molecule has 2 aromatic rings. The zero-order chi connectivity index (χ0) is 16.7. The van der Waals surface area contributed by atoms with E-state index < -0.39 is 5.82 Å². The minimum Gasteiger partial charge on any atom is -0.322 e. The van der Waals surface area contributed by atoms with E-state index in [0.29, 0.717) is 12.2 Å². The van der Waals surface area contributed by atoms with Crippen molar-refractivity contribution in [3.05, 3.63) is 59.4 Å². The molecule has 2 amide bonds. The summed E-state index contributed by atoms with van der Waals surface area (Å²) in [6, 6.07) is 11.2. The molecule has 1 aliphatic carbocycles. The van der Waals surface area contributed by atoms with Crippen molar-refractivity contribution < 1.29 is 14.0 Å². The monoisotopic (exact) mass is 324 g/mol. The molecule has 24 heavy (non-hydrogen) atoms. The maximum atomic E-state index is 13.2. The molecule has 4 nitrogen and oxygen atoms in total. The third-order valence-electron chi connectivity index (χ3n) is 4.52. The lowest BCUT2D eigenvalue weighted by atomic mass is 10.1. The first kappa shape index (κ1) is 14.9. The number of benzene rings is 2. The summed E-state index contributed by atoms with van der Waals surface area (Å²) in [5.41, 5.74) is 2.87. The predicted octanol–water partition coefficient (Wildman–Crippen LogP) is 3.38. The van der Waals surface area contributed by atoms with Crippen LogP contribution in [-0.2, 0) is 11.2 Å². The van der Waals surface area contributed by atoms with Gasteiger partial charge in [0.25, 0.3) is 5.91 Å². The molecule has 2 aliphatic rings. The zero-order valence-corrected chi connectivity index (χ0v) is 13.1. The molecule has 4 rings (SSSR count). The maximum Gasteiger partial charge on any atom is 0.255 e. The Morgan fingerprint density at radius 1 is 1.12 bits per heavy atom. The maximum absolute atomic E-state index is 13.2. The molecule has 0 atom stereocenters. The summed E-state index contributed by atoms with van der Waals surface area (Å²) in [5, 5.41) is 2.78. The van der Waals surface area contributed by atoms with Gasteiger partial charge in [0.1, 0.15) is 5.82 Å². The summed E-state index contributed by atoms with van der Waals surface area (Å²) in [7, 11) is 0. The molecule has 0 spiro atoms. The Bertz CT molecular complexity index is 830. The summed E-state index contributed by atoms with van der Waals surface area (Å²) in [4.78, 5) is 26.4. The van der Waals surface area contributed by atoms with Crippen LogP contribution >= 0.6 is 0 Å². The number of halogens is 1. The third-order valence-corrected chi connectivity index (χ3v) is 4.52. The highest BCUT2D eigenvalue weighted by molar-refractivity contribution is 6.05. The van der Waals surface area contributed by atoms with E-state index in [9.17, 15) is 14.0 Å². The Labute approximate surface area is 139 Å². The molecule has 0 unspecified atom stereocenters. The van der Waals surface area contributed by atoms with Crippen molar-refractivity contribution in [1.82, 2.24) is 0 Å². The first-order chi connectivity index (χ1) is 11.6. The van der Waals surface area contributed by atoms with Gasteiger partial charge in [0.05, 0.1) is 0 Å². The first-order valence-electron chi connectivity index (χ1n) is 8.13. The molecule has 0 bridgehead atoms. The number of hydrogen-bond acceptors (Lipinski definition) is 2. The average molecular weight is 324 g/mol. The van der Waals surface area contributed by atoms with Crippen LogP contribution in [0.15, 0.2) is 42.5 Å². The second-order valence-corrected chi connectivity index (χ2v) is 6.32. The molecule has 1 saturated carbocycles. The van der Waals surface area contributed by atoms with Crippen molar-refractivity contribution in [2.45, 2.75) is 19.3 Å². The molecule has 122 valence electrons. The Hall–Kier alpha value is -2.69. The number of rotatable bonds is 3. The van der Waals surface area contributed by atoms with E-state index in [0.717, 1.165) is 30.5 Å². The second kappa shape index (κ2) is 5.74. The zero-order valence-electron chi connectivity index (χ0n) is 13.1. The van der Waals surface area contributed by atoms with Crippen LogP contribution in [0.2, 0.25) is 0 Å². The van der Waals surface area contributed by atoms with Crippen LogP contribution < -0.4 is 10.2 Å². The van der Waals surface area contributed by atoms with E-state index in [1.807, 2.05) is 23.1 Å². The highest BCUT2D eigenvalue weighted by Gasteiger charge is 2.36. The highest BCUT2D eigenvalue weighted by Crippen LogP contribution is 2.37. The Morgan fingerprint density at radius 2 is 1.96 bits per heavy atom. The molecule has 0 radical (unpaired) electrons. The molecule has 2 aromatic carbocycles. The fraction of sp³-hybridized carbons (Fsp3) is 0.263. The van der Waals surface area contributed by atoms with Gasteiger partial charge in [-0.25, -0.2) is 4.39 Å². The summed E-state index contributed by atoms with van der Waals surface area (Å²) in [6.07, 6.45) is 2.78. The molecule has 1 aliphatic heterocycles. The van der Waals surface area contributed by atoms with Gasteiger partial charge in [-0.3, -0.25) is 9.59 Å². The number of anilines is 2. The van der Waals surface area contributed by atoms with E-state index in [1.165, 1.54) is 18.2 Å². The SMILES string of the molecule is O=C(Nc1ccc2c(c1)N(C(=O)C1CC1)CC2)c1cccc(F)c1. The standard InChI is InChI=1S/C19H17FN2O2/c20-15-3-1-2-14(10-15)18(23)21-16-7-6-12-8-9-22(17(12)11-16)19(24)13-4-5-13/h1-3,6-7,10-11,13H,4-5,8-9H2,(H,21,23). The van der Waals surface area contributed by atoms with Crippen LogP contribution in [0.1, 0.15) is 28.8 Å². The largest absolute Gasteiger partial charge is 0.322 e. The smallest absolute Gasteiger partial charge is 0.255 e. The van der Waals surface area contributed by atoms with Crippen LogP contribution in [0, 0.1) is 11.7 Å². The van der Waals surface area contributed by atoms with Crippen LogP contribution in [0.4, 0.5) is 15.8 Å². The van der Waals surface area contributed by atoms with Gasteiger partial charge in [-0.2, -0.15) is 0 Å². The highest BCUT2D eigenvalue weighted by atomic mass is 19.1. The van der Waals surface area contributed by atoms with E-state index >= 15 is 0 Å². The summed E-state index contributed by atoms with van der Waals surface area (Å²) in [6.45, 7) is 0.700. The number of amides is 2. The van der Waals surface area contributed by atoms with Crippen molar-refractivity contribution in [3.8, 4) is 0 Å². The lowest BCUT2D eigenvalue weighted by molar-refractivity contribution is -0.119. The van der Waals surface area contributed by atoms with Crippen molar-refractivity contribution in [2.75, 3.05) is 16.8 Å². The number of nitrogens with one attached hydrogen (secondary N) is 1. The van der Waals surface area contributed by atoms with E-state index in [2.05, 4.69) is 5.32 Å². The average Bonchev–Trinajstić information content (AvgIpc) is 3.34. The molecular formula is C19H17FN2O2. The van der Waals surface area contributed by atoms with Crippen LogP contribution in [0.25, 0.3) is 0 Å². The van der Waals surface area contributed by atoms with E-state index in [1.54, 1.807) is 6.07 Å². The number of hydrogen-bond donors (Lipinski definition) is 1. The van der Waals surface area contributed by atoms with Crippen molar-refractivity contribution in [2.24, 2.45) is 5.92 Å². The quantitative estimate of drug-likeness (QED) is 0.941. The summed E-state index contributed by atoms with van der Waals surface area (Å²) < 4.78 is 13.2. The molecule has 0 aromatic heterocycles. The minimum absolute atomic E-state index is 0.168. The van der Waals surface area contributed by atoms with Gasteiger partial charge in [-0.05, 0) is 55.2 Å². The number of carbonyl (C=O) groups is 2. The molecular weight excluding hydrogens is 307 g/mol. The van der Waals surface area contributed by atoms with Crippen LogP contribution in [-0.4, -0.2) is 18.4 Å². The number of fused-ring (bicyclic) bond motifs is 1. The lowest BCUT2D eigenvalue weighted by Gasteiger charge is -2.18. The fourth-order valence-electron chi connectivity index (χ4n) is 3.07. The minimum atomic E-state index is -0.446. The Kier molecular flexibility index (Phi) is 3.56. The number of carbonyl (C=O) groups excluding carboxylic acids is 2. The second-order valence-electron chi connectivity index (χ2n) is 6.32. The van der Waals surface area contributed by atoms with E-state index in [-0.39, 0.29) is 23.3 Å². The molecule has 1 heterocycles. The first-order valence-corrected chi connectivity index (χ1v) is 8.13. The Morgan fingerprint density at radius 3 is 2.71 bits per heavy atom. The topological polar surface area (TPSA) is 49.4 Å². The van der Waals surface area contributed by atoms with Crippen molar-refractivity contribution in [3.63, 3.8) is 0 Å². The van der Waals surface area contributed by atoms with Gasteiger partial charge in [-0.15, -0.1) is 0 Å². The molecule has 1 N–H and O–H groups in total. The van der Waals surface area contributed by atoms with Gasteiger partial charge in [0.2, 0.25) is 5.91 Å². The van der Waals surface area contributed by atoms with Crippen LogP contribution in [0.3, 0.4) is 0 Å². The lowest BCUT2D eigenvalue weighted by Crippen LogP contribution is -2.30. The van der Waals surface area contributed by atoms with Crippen molar-refractivity contribution in [1.29, 1.82) is 0 Å². The third kappa shape index (κ3) is 2.77. The van der Waals surface area contributed by atoms with Crippen molar-refractivity contribution >= 4 is 23.2 Å². The van der Waals surface area contributed by atoms with Crippen LogP contribution in [0.5, 0.6) is 0 Å². The molecule has 5 heteroatoms. The van der Waals surface area contributed by atoms with Gasteiger partial charge in [0, 0.05) is 29.4 Å². The van der Waals surface area contributed by atoms with Gasteiger partial charge < -0.3 is 10.2 Å². The summed E-state index contributed by atoms with van der Waals surface area (Å²) in [5.74, 6) is -0.464. The molecule has 0 saturated heterocycles. The normalized spacial score (nSPS) is 16.0. The van der Waals surface area contributed by atoms with Gasteiger partial charge >= 0.3 is 0 Å². The predicted molar refractivity (Wildman–Crippen MR) is 89.6 cm³/mol. The summed E-state index contributed by atoms with van der Waals surface area (Å²) >= 11 is 0. The number of nitrogens with zero attached hydrogens (tertiary/aromatic N) is 1. The fourth-order valence-corrected chi connectivity index (χ4v) is 3.07. The van der Waals surface area contributed by atoms with Gasteiger partial charge in [0.15, 0.2) is 0 Å². The van der Waals surface area contributed by atoms with E-state index in [4.69, 9.17) is 0 Å². The van der Waals surface area contributed by atoms with Gasteiger partial charge in [-0.1, -0.05) is 12.1 Å².